The number of halogens is 3. The van der Waals surface area contributed by atoms with Crippen LogP contribution in [-0.4, -0.2) is 16.6 Å². The highest BCUT2D eigenvalue weighted by molar-refractivity contribution is 5.26. The Bertz CT molecular complexity index is 592. The fourth-order valence-electron chi connectivity index (χ4n) is 1.99. The Kier molecular flexibility index (Phi) is 4.36. The van der Waals surface area contributed by atoms with E-state index in [-0.39, 0.29) is 12.1 Å². The van der Waals surface area contributed by atoms with E-state index >= 15 is 0 Å². The van der Waals surface area contributed by atoms with Gasteiger partial charge < -0.3 is 10.8 Å². The van der Waals surface area contributed by atoms with Gasteiger partial charge in [-0.2, -0.15) is 0 Å². The summed E-state index contributed by atoms with van der Waals surface area (Å²) < 4.78 is 39.8. The van der Waals surface area contributed by atoms with Crippen molar-refractivity contribution >= 4 is 0 Å². The molecule has 2 atom stereocenters. The average Bonchev–Trinajstić information content (AvgIpc) is 2.47. The van der Waals surface area contributed by atoms with Gasteiger partial charge in [-0.25, -0.2) is 13.2 Å². The molecule has 0 saturated heterocycles. The second-order valence-corrected chi connectivity index (χ2v) is 4.31. The number of nitrogens with zero attached hydrogens (tertiary/aromatic N) is 1. The van der Waals surface area contributed by atoms with Gasteiger partial charge in [0.1, 0.15) is 0 Å². The summed E-state index contributed by atoms with van der Waals surface area (Å²) in [5.41, 5.74) is 5.68. The van der Waals surface area contributed by atoms with Gasteiger partial charge in [-0.05, 0) is 18.2 Å². The van der Waals surface area contributed by atoms with Crippen LogP contribution in [0.4, 0.5) is 13.2 Å². The van der Waals surface area contributed by atoms with Crippen LogP contribution in [0, 0.1) is 17.5 Å². The Morgan fingerprint density at radius 1 is 1.10 bits per heavy atom. The lowest BCUT2D eigenvalue weighted by Gasteiger charge is -2.21. The number of hydrogen-bond donors (Lipinski definition) is 2. The van der Waals surface area contributed by atoms with Crippen LogP contribution in [0.3, 0.4) is 0 Å². The predicted octanol–water partition coefficient (Wildman–Crippen LogP) is 2.27. The molecule has 0 spiro atoms. The summed E-state index contributed by atoms with van der Waals surface area (Å²) in [5.74, 6) is -5.04. The largest absolute Gasteiger partial charge is 0.388 e. The summed E-state index contributed by atoms with van der Waals surface area (Å²) >= 11 is 0. The zero-order valence-corrected chi connectivity index (χ0v) is 10.4. The fourth-order valence-corrected chi connectivity index (χ4v) is 1.99. The van der Waals surface area contributed by atoms with Crippen LogP contribution >= 0.6 is 0 Å². The molecule has 0 aliphatic carbocycles. The number of nitrogens with two attached hydrogens (primary N) is 1. The van der Waals surface area contributed by atoms with E-state index in [0.717, 1.165) is 12.1 Å². The number of rotatable bonds is 4. The van der Waals surface area contributed by atoms with Crippen molar-refractivity contribution in [2.24, 2.45) is 5.73 Å². The Morgan fingerprint density at radius 2 is 1.85 bits per heavy atom. The normalized spacial score (nSPS) is 14.1. The molecule has 2 unspecified atom stereocenters. The summed E-state index contributed by atoms with van der Waals surface area (Å²) in [6.07, 6.45) is 0.0942. The van der Waals surface area contributed by atoms with Crippen LogP contribution in [0.5, 0.6) is 0 Å². The molecule has 2 rings (SSSR count). The van der Waals surface area contributed by atoms with Crippen LogP contribution in [0.25, 0.3) is 0 Å². The minimum Gasteiger partial charge on any atom is -0.388 e. The third-order valence-corrected chi connectivity index (χ3v) is 3.09. The molecule has 0 radical (unpaired) electrons. The highest BCUT2D eigenvalue weighted by Crippen LogP contribution is 2.31. The van der Waals surface area contributed by atoms with Gasteiger partial charge in [0.2, 0.25) is 0 Å². The van der Waals surface area contributed by atoms with Crippen LogP contribution < -0.4 is 5.73 Å². The number of aliphatic hydroxyl groups is 1. The molecule has 0 amide bonds. The maximum Gasteiger partial charge on any atom is 0.194 e. The first kappa shape index (κ1) is 14.5. The van der Waals surface area contributed by atoms with Crippen molar-refractivity contribution in [2.75, 3.05) is 6.54 Å². The number of benzene rings is 1. The maximum absolute atomic E-state index is 13.7. The molecule has 20 heavy (non-hydrogen) atoms. The lowest BCUT2D eigenvalue weighted by molar-refractivity contribution is 0.140. The average molecular weight is 282 g/mol. The lowest BCUT2D eigenvalue weighted by Crippen LogP contribution is -2.22. The van der Waals surface area contributed by atoms with Crippen molar-refractivity contribution in [3.63, 3.8) is 0 Å². The van der Waals surface area contributed by atoms with E-state index in [1.54, 1.807) is 18.2 Å². The Hall–Kier alpha value is -1.92. The standard InChI is InChI=1S/C14H13F3N2O/c15-10-5-4-8(12(16)13(10)17)14(20)9(7-18)11-3-1-2-6-19-11/h1-6,9,14,20H,7,18H2. The van der Waals surface area contributed by atoms with E-state index in [4.69, 9.17) is 5.73 Å². The third-order valence-electron chi connectivity index (χ3n) is 3.09. The Morgan fingerprint density at radius 3 is 2.45 bits per heavy atom. The molecule has 2 aromatic rings. The van der Waals surface area contributed by atoms with Crippen LogP contribution in [-0.2, 0) is 0 Å². The highest BCUT2D eigenvalue weighted by atomic mass is 19.2. The molecule has 0 fully saturated rings. The van der Waals surface area contributed by atoms with Crippen LogP contribution in [0.1, 0.15) is 23.3 Å². The Labute approximate surface area is 113 Å². The molecule has 1 heterocycles. The lowest BCUT2D eigenvalue weighted by atomic mass is 9.92. The van der Waals surface area contributed by atoms with Crippen molar-refractivity contribution in [3.8, 4) is 0 Å². The van der Waals surface area contributed by atoms with Gasteiger partial charge in [0, 0.05) is 29.9 Å². The van der Waals surface area contributed by atoms with Crippen molar-refractivity contribution in [3.05, 3.63) is 65.2 Å². The maximum atomic E-state index is 13.7. The van der Waals surface area contributed by atoms with Crippen molar-refractivity contribution in [1.29, 1.82) is 0 Å². The van der Waals surface area contributed by atoms with Crippen LogP contribution in [0.15, 0.2) is 36.5 Å². The molecule has 0 aliphatic rings. The first-order chi connectivity index (χ1) is 9.56. The number of aliphatic hydroxyl groups excluding tert-OH is 1. The first-order valence-electron chi connectivity index (χ1n) is 5.98. The summed E-state index contributed by atoms with van der Waals surface area (Å²) in [7, 11) is 0. The van der Waals surface area contributed by atoms with Gasteiger partial charge in [0.05, 0.1) is 6.10 Å². The van der Waals surface area contributed by atoms with Gasteiger partial charge in [0.15, 0.2) is 17.5 Å². The Balaban J connectivity index is 2.39. The van der Waals surface area contributed by atoms with E-state index in [1.165, 1.54) is 6.20 Å². The molecule has 1 aromatic heterocycles. The highest BCUT2D eigenvalue weighted by Gasteiger charge is 2.27. The third kappa shape index (κ3) is 2.66. The monoisotopic (exact) mass is 282 g/mol. The molecule has 106 valence electrons. The van der Waals surface area contributed by atoms with E-state index in [2.05, 4.69) is 4.98 Å². The zero-order chi connectivity index (χ0) is 14.7. The van der Waals surface area contributed by atoms with Crippen LogP contribution in [0.2, 0.25) is 0 Å². The van der Waals surface area contributed by atoms with E-state index in [9.17, 15) is 18.3 Å². The van der Waals surface area contributed by atoms with E-state index < -0.39 is 29.5 Å². The summed E-state index contributed by atoms with van der Waals surface area (Å²) in [5, 5.41) is 10.2. The molecule has 0 aliphatic heterocycles. The van der Waals surface area contributed by atoms with Gasteiger partial charge in [0.25, 0.3) is 0 Å². The number of hydrogen-bond acceptors (Lipinski definition) is 3. The quantitative estimate of drug-likeness (QED) is 0.846. The molecule has 3 N–H and O–H groups in total. The zero-order valence-electron chi connectivity index (χ0n) is 10.4. The molecule has 0 bridgehead atoms. The van der Waals surface area contributed by atoms with Gasteiger partial charge >= 0.3 is 0 Å². The van der Waals surface area contributed by atoms with E-state index in [1.807, 2.05) is 0 Å². The molecule has 1 aromatic carbocycles. The number of aromatic nitrogens is 1. The molecular formula is C14H13F3N2O. The van der Waals surface area contributed by atoms with Gasteiger partial charge in [-0.3, -0.25) is 4.98 Å². The summed E-state index contributed by atoms with van der Waals surface area (Å²) in [6, 6.07) is 6.77. The van der Waals surface area contributed by atoms with E-state index in [0.29, 0.717) is 5.69 Å². The van der Waals surface area contributed by atoms with Gasteiger partial charge in [-0.15, -0.1) is 0 Å². The SMILES string of the molecule is NCC(c1ccccn1)C(O)c1ccc(F)c(F)c1F. The predicted molar refractivity (Wildman–Crippen MR) is 67.3 cm³/mol. The molecule has 6 heteroatoms. The molecule has 0 saturated carbocycles. The topological polar surface area (TPSA) is 59.1 Å². The summed E-state index contributed by atoms with van der Waals surface area (Å²) in [6.45, 7) is -0.0172. The van der Waals surface area contributed by atoms with Crippen molar-refractivity contribution < 1.29 is 18.3 Å². The smallest absolute Gasteiger partial charge is 0.194 e. The number of pyridine rings is 1. The summed E-state index contributed by atoms with van der Waals surface area (Å²) in [4.78, 5) is 4.04. The second-order valence-electron chi connectivity index (χ2n) is 4.31. The molecular weight excluding hydrogens is 269 g/mol. The van der Waals surface area contributed by atoms with Gasteiger partial charge in [-0.1, -0.05) is 12.1 Å². The molecule has 3 nitrogen and oxygen atoms in total. The minimum atomic E-state index is -1.61. The first-order valence-corrected chi connectivity index (χ1v) is 5.98. The minimum absolute atomic E-state index is 0.0172. The van der Waals surface area contributed by atoms with Crippen molar-refractivity contribution in [1.82, 2.24) is 4.98 Å². The fraction of sp³-hybridized carbons (Fsp3) is 0.214. The van der Waals surface area contributed by atoms with Crippen molar-refractivity contribution in [2.45, 2.75) is 12.0 Å². The second kappa shape index (κ2) is 6.02.